The second-order valence-electron chi connectivity index (χ2n) is 5.13. The number of aromatic carboxylic acids is 1. The van der Waals surface area contributed by atoms with Crippen LogP contribution in [0.4, 0.5) is 0 Å². The molecule has 4 nitrogen and oxygen atoms in total. The quantitative estimate of drug-likeness (QED) is 0.797. The average molecular weight is 286 g/mol. The fourth-order valence-corrected chi connectivity index (χ4v) is 2.79. The maximum atomic E-state index is 11.1. The number of aryl methyl sites for hydroxylation is 1. The minimum Gasteiger partial charge on any atom is -0.507 e. The molecule has 0 spiro atoms. The van der Waals surface area contributed by atoms with Crippen molar-refractivity contribution in [3.05, 3.63) is 28.8 Å². The number of hydrogen-bond donors (Lipinski definition) is 3. The van der Waals surface area contributed by atoms with Crippen molar-refractivity contribution >= 4 is 18.4 Å². The fraction of sp³-hybridized carbons (Fsp3) is 0.500. The number of hydrogen-bond acceptors (Lipinski definition) is 3. The molecule has 0 unspecified atom stereocenters. The van der Waals surface area contributed by atoms with Crippen LogP contribution in [0.2, 0.25) is 0 Å². The molecule has 5 heteroatoms. The van der Waals surface area contributed by atoms with E-state index in [4.69, 9.17) is 10.8 Å². The van der Waals surface area contributed by atoms with E-state index in [0.29, 0.717) is 11.5 Å². The van der Waals surface area contributed by atoms with Crippen LogP contribution in [-0.2, 0) is 0 Å². The van der Waals surface area contributed by atoms with Crippen molar-refractivity contribution in [3.63, 3.8) is 0 Å². The highest BCUT2D eigenvalue weighted by molar-refractivity contribution is 5.91. The van der Waals surface area contributed by atoms with Gasteiger partial charge < -0.3 is 15.9 Å². The van der Waals surface area contributed by atoms with E-state index in [1.807, 2.05) is 6.92 Å². The fourth-order valence-electron chi connectivity index (χ4n) is 2.79. The van der Waals surface area contributed by atoms with Gasteiger partial charge in [0.05, 0.1) is 0 Å². The summed E-state index contributed by atoms with van der Waals surface area (Å²) in [6.07, 6.45) is 4.43. The van der Waals surface area contributed by atoms with Crippen LogP contribution in [0.3, 0.4) is 0 Å². The Morgan fingerprint density at radius 2 is 1.95 bits per heavy atom. The highest BCUT2D eigenvalue weighted by Crippen LogP contribution is 2.38. The molecule has 0 heterocycles. The van der Waals surface area contributed by atoms with Crippen molar-refractivity contribution in [1.82, 2.24) is 0 Å². The first-order valence-corrected chi connectivity index (χ1v) is 6.33. The molecule has 1 aromatic carbocycles. The number of carbonyl (C=O) groups is 1. The highest BCUT2D eigenvalue weighted by Gasteiger charge is 2.27. The van der Waals surface area contributed by atoms with Gasteiger partial charge in [-0.25, -0.2) is 4.79 Å². The van der Waals surface area contributed by atoms with Crippen LogP contribution >= 0.6 is 12.4 Å². The molecule has 1 aliphatic rings. The molecular weight excluding hydrogens is 266 g/mol. The summed E-state index contributed by atoms with van der Waals surface area (Å²) >= 11 is 0. The minimum atomic E-state index is -1.11. The first-order chi connectivity index (χ1) is 8.50. The smallest absolute Gasteiger partial charge is 0.339 e. The van der Waals surface area contributed by atoms with E-state index in [-0.39, 0.29) is 29.8 Å². The molecule has 0 aromatic heterocycles. The molecule has 0 bridgehead atoms. The molecule has 106 valence electrons. The lowest BCUT2D eigenvalue weighted by Crippen LogP contribution is -2.20. The monoisotopic (exact) mass is 285 g/mol. The summed E-state index contributed by atoms with van der Waals surface area (Å²) in [6.45, 7) is 1.82. The van der Waals surface area contributed by atoms with Gasteiger partial charge in [0, 0.05) is 11.6 Å². The number of nitrogens with two attached hydrogens (primary N) is 1. The second kappa shape index (κ2) is 6.26. The lowest BCUT2D eigenvalue weighted by molar-refractivity contribution is 0.0693. The van der Waals surface area contributed by atoms with Crippen LogP contribution in [-0.4, -0.2) is 16.2 Å². The zero-order chi connectivity index (χ0) is 13.3. The first kappa shape index (κ1) is 15.8. The topological polar surface area (TPSA) is 83.5 Å². The van der Waals surface area contributed by atoms with E-state index in [2.05, 4.69) is 0 Å². The van der Waals surface area contributed by atoms with Crippen molar-refractivity contribution in [2.24, 2.45) is 11.7 Å². The molecule has 1 saturated carbocycles. The van der Waals surface area contributed by atoms with E-state index >= 15 is 0 Å². The largest absolute Gasteiger partial charge is 0.507 e. The van der Waals surface area contributed by atoms with Crippen molar-refractivity contribution in [1.29, 1.82) is 0 Å². The highest BCUT2D eigenvalue weighted by atomic mass is 35.5. The van der Waals surface area contributed by atoms with Gasteiger partial charge in [-0.15, -0.1) is 12.4 Å². The number of phenols is 1. The molecule has 0 saturated heterocycles. The number of rotatable bonds is 3. The van der Waals surface area contributed by atoms with Gasteiger partial charge in [-0.3, -0.25) is 0 Å². The SMILES string of the molecule is Cc1cc(C(=O)O)c(O)c([C@H](N)C2CCCC2)c1.Cl. The average Bonchev–Trinajstić information content (AvgIpc) is 2.84. The Morgan fingerprint density at radius 1 is 1.37 bits per heavy atom. The number of aromatic hydroxyl groups is 1. The normalized spacial score (nSPS) is 16.9. The van der Waals surface area contributed by atoms with Gasteiger partial charge in [-0.05, 0) is 37.3 Å². The second-order valence-corrected chi connectivity index (χ2v) is 5.13. The molecule has 1 aromatic rings. The maximum absolute atomic E-state index is 11.1. The van der Waals surface area contributed by atoms with Crippen molar-refractivity contribution in [2.45, 2.75) is 38.6 Å². The van der Waals surface area contributed by atoms with Crippen LogP contribution in [0, 0.1) is 12.8 Å². The first-order valence-electron chi connectivity index (χ1n) is 6.33. The Hall–Kier alpha value is -1.26. The van der Waals surface area contributed by atoms with Gasteiger partial charge >= 0.3 is 5.97 Å². The Balaban J connectivity index is 0.00000180. The lowest BCUT2D eigenvalue weighted by atomic mass is 9.89. The molecular formula is C14H20ClNO3. The predicted molar refractivity (Wildman–Crippen MR) is 75.9 cm³/mol. The molecule has 19 heavy (non-hydrogen) atoms. The van der Waals surface area contributed by atoms with Gasteiger partial charge in [0.2, 0.25) is 0 Å². The van der Waals surface area contributed by atoms with Crippen LogP contribution in [0.15, 0.2) is 12.1 Å². The van der Waals surface area contributed by atoms with Crippen LogP contribution in [0.5, 0.6) is 5.75 Å². The molecule has 0 radical (unpaired) electrons. The molecule has 2 rings (SSSR count). The number of carboxylic acids is 1. The Morgan fingerprint density at radius 3 is 2.47 bits per heavy atom. The Bertz CT molecular complexity index is 470. The van der Waals surface area contributed by atoms with Crippen molar-refractivity contribution in [2.75, 3.05) is 0 Å². The summed E-state index contributed by atoms with van der Waals surface area (Å²) < 4.78 is 0. The number of halogens is 1. The van der Waals surface area contributed by atoms with Crippen LogP contribution in [0.25, 0.3) is 0 Å². The molecule has 1 fully saturated rings. The third kappa shape index (κ3) is 3.19. The number of carboxylic acid groups (broad SMARTS) is 1. The maximum Gasteiger partial charge on any atom is 0.339 e. The van der Waals surface area contributed by atoms with Crippen LogP contribution in [0.1, 0.15) is 53.2 Å². The zero-order valence-electron chi connectivity index (χ0n) is 10.9. The standard InChI is InChI=1S/C14H19NO3.ClH/c1-8-6-10(12(15)9-4-2-3-5-9)13(16)11(7-8)14(17)18;/h6-7,9,12,16H,2-5,15H2,1H3,(H,17,18);1H/t12-;/m1./s1. The van der Waals surface area contributed by atoms with E-state index in [0.717, 1.165) is 31.2 Å². The van der Waals surface area contributed by atoms with Crippen molar-refractivity contribution < 1.29 is 15.0 Å². The third-order valence-electron chi connectivity index (χ3n) is 3.78. The summed E-state index contributed by atoms with van der Waals surface area (Å²) in [5.41, 5.74) is 7.51. The van der Waals surface area contributed by atoms with Gasteiger partial charge in [-0.2, -0.15) is 0 Å². The molecule has 4 N–H and O–H groups in total. The Kier molecular flexibility index (Phi) is 5.20. The summed E-state index contributed by atoms with van der Waals surface area (Å²) in [7, 11) is 0. The molecule has 1 atom stereocenters. The Labute approximate surface area is 119 Å². The summed E-state index contributed by atoms with van der Waals surface area (Å²) in [5, 5.41) is 19.1. The van der Waals surface area contributed by atoms with E-state index < -0.39 is 5.97 Å². The summed E-state index contributed by atoms with van der Waals surface area (Å²) in [6, 6.07) is 3.00. The molecule has 0 aliphatic heterocycles. The minimum absolute atomic E-state index is 0. The van der Waals surface area contributed by atoms with E-state index in [1.165, 1.54) is 6.07 Å². The van der Waals surface area contributed by atoms with Gasteiger partial charge in [0.25, 0.3) is 0 Å². The van der Waals surface area contributed by atoms with E-state index in [9.17, 15) is 9.90 Å². The molecule has 1 aliphatic carbocycles. The predicted octanol–water partition coefficient (Wildman–Crippen LogP) is 3.01. The third-order valence-corrected chi connectivity index (χ3v) is 3.78. The van der Waals surface area contributed by atoms with Crippen molar-refractivity contribution in [3.8, 4) is 5.75 Å². The van der Waals surface area contributed by atoms with Gasteiger partial charge in [-0.1, -0.05) is 18.9 Å². The summed E-state index contributed by atoms with van der Waals surface area (Å²) in [5.74, 6) is -0.942. The van der Waals surface area contributed by atoms with E-state index in [1.54, 1.807) is 6.07 Å². The van der Waals surface area contributed by atoms with Crippen LogP contribution < -0.4 is 5.73 Å². The zero-order valence-corrected chi connectivity index (χ0v) is 11.7. The number of benzene rings is 1. The van der Waals surface area contributed by atoms with Gasteiger partial charge in [0.1, 0.15) is 11.3 Å². The lowest BCUT2D eigenvalue weighted by Gasteiger charge is -2.21. The van der Waals surface area contributed by atoms with Gasteiger partial charge in [0.15, 0.2) is 0 Å². The summed E-state index contributed by atoms with van der Waals surface area (Å²) in [4.78, 5) is 11.1. The molecule has 0 amide bonds.